The van der Waals surface area contributed by atoms with Crippen molar-refractivity contribution in [3.8, 4) is 0 Å². The average molecular weight is 392 g/mol. The zero-order valence-corrected chi connectivity index (χ0v) is 16.5. The van der Waals surface area contributed by atoms with Crippen molar-refractivity contribution in [3.05, 3.63) is 54.1 Å². The molecule has 0 unspecified atom stereocenters. The quantitative estimate of drug-likeness (QED) is 0.792. The summed E-state index contributed by atoms with van der Waals surface area (Å²) in [6.07, 6.45) is 3.01. The molecule has 144 valence electrons. The molecule has 27 heavy (non-hydrogen) atoms. The minimum absolute atomic E-state index is 0.126. The molecule has 1 N–H and O–H groups in total. The SMILES string of the molecule is CC1(C)OB(c2ccc(NS(=O)(=O)Cc3cccnc3)c(F)c2)OC1(C)C. The zero-order valence-electron chi connectivity index (χ0n) is 15.7. The summed E-state index contributed by atoms with van der Waals surface area (Å²) in [4.78, 5) is 3.88. The standard InChI is InChI=1S/C18H22BFN2O4S/c1-17(2)18(3,4)26-19(25-17)14-7-8-16(15(20)10-14)22-27(23,24)12-13-6-5-9-21-11-13/h5-11,22H,12H2,1-4H3. The Hall–Kier alpha value is -1.97. The third kappa shape index (κ3) is 4.31. The van der Waals surface area contributed by atoms with Crippen molar-refractivity contribution in [2.45, 2.75) is 44.6 Å². The van der Waals surface area contributed by atoms with Crippen LogP contribution in [0.5, 0.6) is 0 Å². The van der Waals surface area contributed by atoms with Crippen molar-refractivity contribution in [1.29, 1.82) is 0 Å². The highest BCUT2D eigenvalue weighted by atomic mass is 32.2. The van der Waals surface area contributed by atoms with Gasteiger partial charge >= 0.3 is 7.12 Å². The maximum absolute atomic E-state index is 14.5. The van der Waals surface area contributed by atoms with Gasteiger partial charge in [-0.15, -0.1) is 0 Å². The highest BCUT2D eigenvalue weighted by Gasteiger charge is 2.51. The van der Waals surface area contributed by atoms with Crippen LogP contribution in [0.2, 0.25) is 0 Å². The van der Waals surface area contributed by atoms with Crippen LogP contribution < -0.4 is 10.2 Å². The molecule has 6 nitrogen and oxygen atoms in total. The fourth-order valence-electron chi connectivity index (χ4n) is 2.65. The van der Waals surface area contributed by atoms with Gasteiger partial charge in [0.25, 0.3) is 0 Å². The Morgan fingerprint density at radius 3 is 2.37 bits per heavy atom. The van der Waals surface area contributed by atoms with Crippen LogP contribution in [0.25, 0.3) is 0 Å². The van der Waals surface area contributed by atoms with Gasteiger partial charge in [-0.25, -0.2) is 12.8 Å². The van der Waals surface area contributed by atoms with Gasteiger partial charge in [0.05, 0.1) is 22.6 Å². The Balaban J connectivity index is 1.76. The first kappa shape index (κ1) is 19.8. The van der Waals surface area contributed by atoms with E-state index in [1.54, 1.807) is 24.4 Å². The van der Waals surface area contributed by atoms with E-state index in [1.807, 2.05) is 27.7 Å². The number of anilines is 1. The summed E-state index contributed by atoms with van der Waals surface area (Å²) in [5, 5.41) is 0. The topological polar surface area (TPSA) is 77.5 Å². The average Bonchev–Trinajstić information content (AvgIpc) is 2.77. The summed E-state index contributed by atoms with van der Waals surface area (Å²) in [5.41, 5.74) is -0.212. The summed E-state index contributed by atoms with van der Waals surface area (Å²) in [6, 6.07) is 7.47. The summed E-state index contributed by atoms with van der Waals surface area (Å²) in [6.45, 7) is 7.63. The van der Waals surface area contributed by atoms with Crippen molar-refractivity contribution < 1.29 is 22.1 Å². The van der Waals surface area contributed by atoms with Gasteiger partial charge in [-0.3, -0.25) is 9.71 Å². The molecule has 0 aliphatic carbocycles. The minimum Gasteiger partial charge on any atom is -0.399 e. The molecule has 0 saturated carbocycles. The number of nitrogens with zero attached hydrogens (tertiary/aromatic N) is 1. The van der Waals surface area contributed by atoms with Crippen molar-refractivity contribution in [2.24, 2.45) is 0 Å². The van der Waals surface area contributed by atoms with Gasteiger partial charge in [-0.1, -0.05) is 12.1 Å². The van der Waals surface area contributed by atoms with Crippen LogP contribution >= 0.6 is 0 Å². The molecule has 0 amide bonds. The van der Waals surface area contributed by atoms with Gasteiger partial charge in [-0.2, -0.15) is 0 Å². The second-order valence-electron chi connectivity index (χ2n) is 7.55. The van der Waals surface area contributed by atoms with Gasteiger partial charge in [0.1, 0.15) is 5.82 Å². The minimum atomic E-state index is -3.77. The van der Waals surface area contributed by atoms with Gasteiger partial charge in [-0.05, 0) is 56.9 Å². The van der Waals surface area contributed by atoms with E-state index in [1.165, 1.54) is 18.3 Å². The molecule has 0 spiro atoms. The summed E-state index contributed by atoms with van der Waals surface area (Å²) < 4.78 is 53.1. The zero-order chi connectivity index (χ0) is 19.9. The van der Waals surface area contributed by atoms with Gasteiger partial charge < -0.3 is 9.31 Å². The lowest BCUT2D eigenvalue weighted by molar-refractivity contribution is 0.00578. The first-order valence-electron chi connectivity index (χ1n) is 8.54. The van der Waals surface area contributed by atoms with Crippen LogP contribution in [0.1, 0.15) is 33.3 Å². The molecule has 1 aromatic heterocycles. The molecule has 1 aromatic carbocycles. The fourth-order valence-corrected chi connectivity index (χ4v) is 3.83. The molecule has 0 atom stereocenters. The lowest BCUT2D eigenvalue weighted by Crippen LogP contribution is -2.41. The monoisotopic (exact) mass is 392 g/mol. The molecule has 1 fully saturated rings. The number of halogens is 1. The molecule has 0 radical (unpaired) electrons. The normalized spacial score (nSPS) is 18.5. The van der Waals surface area contributed by atoms with Crippen LogP contribution in [0.4, 0.5) is 10.1 Å². The van der Waals surface area contributed by atoms with Crippen molar-refractivity contribution >= 4 is 28.3 Å². The molecule has 2 aromatic rings. The second-order valence-corrected chi connectivity index (χ2v) is 9.27. The third-order valence-electron chi connectivity index (χ3n) is 4.86. The Bertz CT molecular complexity index is 920. The lowest BCUT2D eigenvalue weighted by Gasteiger charge is -2.32. The first-order chi connectivity index (χ1) is 12.5. The van der Waals surface area contributed by atoms with E-state index in [0.717, 1.165) is 0 Å². The Labute approximate surface area is 159 Å². The smallest absolute Gasteiger partial charge is 0.399 e. The number of hydrogen-bond donors (Lipinski definition) is 1. The van der Waals surface area contributed by atoms with E-state index in [0.29, 0.717) is 11.0 Å². The third-order valence-corrected chi connectivity index (χ3v) is 6.11. The van der Waals surface area contributed by atoms with Crippen LogP contribution in [-0.2, 0) is 25.1 Å². The van der Waals surface area contributed by atoms with E-state index in [4.69, 9.17) is 9.31 Å². The highest BCUT2D eigenvalue weighted by Crippen LogP contribution is 2.36. The van der Waals surface area contributed by atoms with Crippen molar-refractivity contribution in [3.63, 3.8) is 0 Å². The van der Waals surface area contributed by atoms with Crippen LogP contribution in [0.3, 0.4) is 0 Å². The van der Waals surface area contributed by atoms with E-state index < -0.39 is 34.2 Å². The summed E-state index contributed by atoms with van der Waals surface area (Å²) in [7, 11) is -4.49. The summed E-state index contributed by atoms with van der Waals surface area (Å²) in [5.74, 6) is -0.990. The van der Waals surface area contributed by atoms with Crippen molar-refractivity contribution in [1.82, 2.24) is 4.98 Å². The van der Waals surface area contributed by atoms with Crippen LogP contribution in [-0.4, -0.2) is 31.7 Å². The molecule has 2 heterocycles. The molecule has 9 heteroatoms. The van der Waals surface area contributed by atoms with E-state index in [2.05, 4.69) is 9.71 Å². The van der Waals surface area contributed by atoms with Crippen molar-refractivity contribution in [2.75, 3.05) is 4.72 Å². The molecule has 0 bridgehead atoms. The van der Waals surface area contributed by atoms with E-state index in [9.17, 15) is 12.8 Å². The predicted molar refractivity (Wildman–Crippen MR) is 103 cm³/mol. The van der Waals surface area contributed by atoms with Gasteiger partial charge in [0, 0.05) is 12.4 Å². The number of hydrogen-bond acceptors (Lipinski definition) is 5. The molecular formula is C18H22BFN2O4S. The van der Waals surface area contributed by atoms with Crippen LogP contribution in [0, 0.1) is 5.82 Å². The lowest BCUT2D eigenvalue weighted by atomic mass is 9.79. The number of aromatic nitrogens is 1. The highest BCUT2D eigenvalue weighted by molar-refractivity contribution is 7.91. The fraction of sp³-hybridized carbons (Fsp3) is 0.389. The maximum atomic E-state index is 14.5. The number of sulfonamides is 1. The summed E-state index contributed by atoms with van der Waals surface area (Å²) >= 11 is 0. The Morgan fingerprint density at radius 2 is 1.81 bits per heavy atom. The number of nitrogens with one attached hydrogen (secondary N) is 1. The largest absolute Gasteiger partial charge is 0.494 e. The molecule has 3 rings (SSSR count). The molecule has 1 aliphatic heterocycles. The number of pyridine rings is 1. The second kappa shape index (κ2) is 6.89. The first-order valence-corrected chi connectivity index (χ1v) is 10.2. The Morgan fingerprint density at radius 1 is 1.15 bits per heavy atom. The number of rotatable bonds is 5. The molecular weight excluding hydrogens is 370 g/mol. The number of benzene rings is 1. The molecule has 1 saturated heterocycles. The molecule has 1 aliphatic rings. The predicted octanol–water partition coefficient (Wildman–Crippen LogP) is 2.46. The van der Waals surface area contributed by atoms with Gasteiger partial charge in [0.15, 0.2) is 0 Å². The van der Waals surface area contributed by atoms with E-state index >= 15 is 0 Å². The van der Waals surface area contributed by atoms with Gasteiger partial charge in [0.2, 0.25) is 10.0 Å². The Kier molecular flexibility index (Phi) is 5.05. The van der Waals surface area contributed by atoms with E-state index in [-0.39, 0.29) is 11.4 Å². The van der Waals surface area contributed by atoms with Crippen LogP contribution in [0.15, 0.2) is 42.7 Å². The maximum Gasteiger partial charge on any atom is 0.494 e.